The minimum atomic E-state index is -1.02. The van der Waals surface area contributed by atoms with Crippen LogP contribution in [0.1, 0.15) is 38.7 Å². The van der Waals surface area contributed by atoms with Gasteiger partial charge < -0.3 is 10.4 Å². The van der Waals surface area contributed by atoms with Crippen molar-refractivity contribution in [1.29, 1.82) is 0 Å². The van der Waals surface area contributed by atoms with Crippen LogP contribution in [0.15, 0.2) is 30.3 Å². The number of aliphatic carboxylic acids is 1. The number of hydroxylamine groups is 2. The second-order valence-electron chi connectivity index (χ2n) is 5.87. The Morgan fingerprint density at radius 3 is 2.56 bits per heavy atom. The van der Waals surface area contributed by atoms with Gasteiger partial charge in [-0.25, -0.2) is 5.06 Å². The molecule has 7 nitrogen and oxygen atoms in total. The molecular weight excluding hydrogens is 324 g/mol. The highest BCUT2D eigenvalue weighted by atomic mass is 16.7. The molecule has 1 aromatic rings. The molecule has 138 valence electrons. The molecule has 0 spiro atoms. The first-order valence-electron chi connectivity index (χ1n) is 8.40. The van der Waals surface area contributed by atoms with E-state index in [0.29, 0.717) is 13.0 Å². The second kappa shape index (κ2) is 11.2. The predicted molar refractivity (Wildman–Crippen MR) is 92.3 cm³/mol. The van der Waals surface area contributed by atoms with Gasteiger partial charge in [-0.1, -0.05) is 50.6 Å². The molecule has 0 fully saturated rings. The zero-order valence-corrected chi connectivity index (χ0v) is 14.7. The van der Waals surface area contributed by atoms with Crippen molar-refractivity contribution < 1.29 is 24.3 Å². The molecule has 0 aromatic heterocycles. The Bertz CT molecular complexity index is 550. The molecule has 1 unspecified atom stereocenters. The third-order valence-electron chi connectivity index (χ3n) is 3.77. The number of unbranched alkanes of at least 4 members (excludes halogenated alkanes) is 1. The van der Waals surface area contributed by atoms with Crippen LogP contribution in [0.25, 0.3) is 0 Å². The topological polar surface area (TPSA) is 95.9 Å². The zero-order chi connectivity index (χ0) is 18.7. The van der Waals surface area contributed by atoms with Crippen molar-refractivity contribution in [2.75, 3.05) is 6.54 Å². The van der Waals surface area contributed by atoms with Gasteiger partial charge in [-0.3, -0.25) is 19.2 Å². The summed E-state index contributed by atoms with van der Waals surface area (Å²) in [4.78, 5) is 40.2. The van der Waals surface area contributed by atoms with E-state index in [1.54, 1.807) is 0 Å². The lowest BCUT2D eigenvalue weighted by Gasteiger charge is -2.27. The number of amides is 2. The Morgan fingerprint density at radius 1 is 1.32 bits per heavy atom. The molecule has 0 saturated carbocycles. The first kappa shape index (κ1) is 20.6. The maximum absolute atomic E-state index is 12.7. The summed E-state index contributed by atoms with van der Waals surface area (Å²) in [5.74, 6) is -2.22. The van der Waals surface area contributed by atoms with Gasteiger partial charge in [0.25, 0.3) is 5.91 Å². The molecule has 1 rings (SSSR count). The molecule has 25 heavy (non-hydrogen) atoms. The van der Waals surface area contributed by atoms with E-state index in [1.807, 2.05) is 37.3 Å². The molecule has 0 heterocycles. The van der Waals surface area contributed by atoms with Crippen LogP contribution in [-0.2, 0) is 25.8 Å². The summed E-state index contributed by atoms with van der Waals surface area (Å²) in [6.45, 7) is 4.09. The molecule has 0 aliphatic carbocycles. The van der Waals surface area contributed by atoms with Gasteiger partial charge in [-0.15, -0.1) is 0 Å². The number of carboxylic acid groups (broad SMARTS) is 1. The number of carboxylic acids is 1. The summed E-state index contributed by atoms with van der Waals surface area (Å²) in [6, 6.07) is 8.48. The molecular formula is C18H26N2O5. The average Bonchev–Trinajstić information content (AvgIpc) is 2.61. The van der Waals surface area contributed by atoms with Gasteiger partial charge in [-0.05, 0) is 18.4 Å². The fraction of sp³-hybridized carbons (Fsp3) is 0.500. The minimum absolute atomic E-state index is 0.00420. The largest absolute Gasteiger partial charge is 0.481 e. The van der Waals surface area contributed by atoms with Crippen LogP contribution >= 0.6 is 0 Å². The third-order valence-corrected chi connectivity index (χ3v) is 3.77. The molecule has 0 saturated heterocycles. The number of hydrogen-bond donors (Lipinski definition) is 2. The van der Waals surface area contributed by atoms with Crippen LogP contribution in [0.5, 0.6) is 0 Å². The highest BCUT2D eigenvalue weighted by molar-refractivity contribution is 5.83. The van der Waals surface area contributed by atoms with Crippen LogP contribution in [0, 0.1) is 5.92 Å². The van der Waals surface area contributed by atoms with E-state index in [2.05, 4.69) is 5.32 Å². The highest BCUT2D eigenvalue weighted by Gasteiger charge is 2.28. The molecule has 0 bridgehead atoms. The lowest BCUT2D eigenvalue weighted by Crippen LogP contribution is -2.47. The predicted octanol–water partition coefficient (Wildman–Crippen LogP) is 1.97. The molecule has 1 aromatic carbocycles. The van der Waals surface area contributed by atoms with Crippen LogP contribution in [0.4, 0.5) is 0 Å². The van der Waals surface area contributed by atoms with Crippen molar-refractivity contribution in [3.8, 4) is 0 Å². The van der Waals surface area contributed by atoms with Crippen molar-refractivity contribution in [1.82, 2.24) is 10.4 Å². The quantitative estimate of drug-likeness (QED) is 0.444. The van der Waals surface area contributed by atoms with E-state index in [4.69, 9.17) is 9.94 Å². The summed E-state index contributed by atoms with van der Waals surface area (Å²) in [5, 5.41) is 12.7. The highest BCUT2D eigenvalue weighted by Crippen LogP contribution is 2.12. The molecule has 7 heteroatoms. The molecule has 2 amide bonds. The van der Waals surface area contributed by atoms with Gasteiger partial charge in [0.05, 0.1) is 5.92 Å². The summed E-state index contributed by atoms with van der Waals surface area (Å²) in [6.07, 6.45) is 2.02. The SMILES string of the molecule is CCCCN(OCc1ccccc1)C(=O)C(C[C@H](C)C(=O)O)NC=O. The lowest BCUT2D eigenvalue weighted by molar-refractivity contribution is -0.194. The monoisotopic (exact) mass is 350 g/mol. The van der Waals surface area contributed by atoms with Crippen LogP contribution in [0.2, 0.25) is 0 Å². The van der Waals surface area contributed by atoms with E-state index in [0.717, 1.165) is 18.4 Å². The number of nitrogens with one attached hydrogen (secondary N) is 1. The zero-order valence-electron chi connectivity index (χ0n) is 14.7. The van der Waals surface area contributed by atoms with Crippen molar-refractivity contribution in [3.63, 3.8) is 0 Å². The lowest BCUT2D eigenvalue weighted by atomic mass is 10.0. The number of carbonyl (C=O) groups excluding carboxylic acids is 2. The Labute approximate surface area is 147 Å². The molecule has 0 aliphatic heterocycles. The number of carbonyl (C=O) groups is 3. The second-order valence-corrected chi connectivity index (χ2v) is 5.87. The number of rotatable bonds is 12. The maximum atomic E-state index is 12.7. The first-order chi connectivity index (χ1) is 12.0. The number of hydrogen-bond acceptors (Lipinski definition) is 4. The van der Waals surface area contributed by atoms with Crippen LogP contribution in [-0.4, -0.2) is 41.0 Å². The molecule has 0 radical (unpaired) electrons. The van der Waals surface area contributed by atoms with Gasteiger partial charge in [0.1, 0.15) is 12.6 Å². The van der Waals surface area contributed by atoms with Gasteiger partial charge in [-0.2, -0.15) is 0 Å². The number of benzene rings is 1. The van der Waals surface area contributed by atoms with Crippen molar-refractivity contribution in [2.45, 2.75) is 45.8 Å². The number of nitrogens with zero attached hydrogens (tertiary/aromatic N) is 1. The van der Waals surface area contributed by atoms with Crippen LogP contribution < -0.4 is 5.32 Å². The smallest absolute Gasteiger partial charge is 0.306 e. The molecule has 0 aliphatic rings. The van der Waals surface area contributed by atoms with Crippen molar-refractivity contribution in [3.05, 3.63) is 35.9 Å². The van der Waals surface area contributed by atoms with Crippen molar-refractivity contribution >= 4 is 18.3 Å². The Balaban J connectivity index is 2.79. The van der Waals surface area contributed by atoms with E-state index in [1.165, 1.54) is 12.0 Å². The van der Waals surface area contributed by atoms with Gasteiger partial charge >= 0.3 is 5.97 Å². The van der Waals surface area contributed by atoms with E-state index >= 15 is 0 Å². The Hall–Kier alpha value is -2.41. The van der Waals surface area contributed by atoms with E-state index in [-0.39, 0.29) is 13.0 Å². The third kappa shape index (κ3) is 7.34. The first-order valence-corrected chi connectivity index (χ1v) is 8.40. The maximum Gasteiger partial charge on any atom is 0.306 e. The Morgan fingerprint density at radius 2 is 2.00 bits per heavy atom. The van der Waals surface area contributed by atoms with E-state index < -0.39 is 23.8 Å². The van der Waals surface area contributed by atoms with Crippen molar-refractivity contribution in [2.24, 2.45) is 5.92 Å². The fourth-order valence-electron chi connectivity index (χ4n) is 2.22. The van der Waals surface area contributed by atoms with Crippen LogP contribution in [0.3, 0.4) is 0 Å². The summed E-state index contributed by atoms with van der Waals surface area (Å²) < 4.78 is 0. The molecule has 2 N–H and O–H groups in total. The molecule has 2 atom stereocenters. The van der Waals surface area contributed by atoms with Gasteiger partial charge in [0.2, 0.25) is 6.41 Å². The van der Waals surface area contributed by atoms with Gasteiger partial charge in [0.15, 0.2) is 0 Å². The minimum Gasteiger partial charge on any atom is -0.481 e. The summed E-state index contributed by atoms with van der Waals surface area (Å²) in [7, 11) is 0. The van der Waals surface area contributed by atoms with E-state index in [9.17, 15) is 14.4 Å². The normalized spacial score (nSPS) is 12.9. The summed E-state index contributed by atoms with van der Waals surface area (Å²) in [5.41, 5.74) is 0.913. The summed E-state index contributed by atoms with van der Waals surface area (Å²) >= 11 is 0. The van der Waals surface area contributed by atoms with Gasteiger partial charge in [0, 0.05) is 6.54 Å². The fourth-order valence-corrected chi connectivity index (χ4v) is 2.22. The Kier molecular flexibility index (Phi) is 9.24. The average molecular weight is 350 g/mol. The standard InChI is InChI=1S/C18H26N2O5/c1-3-4-10-20(25-12-15-8-6-5-7-9-15)17(22)16(19-13-21)11-14(2)18(23)24/h5-9,13-14,16H,3-4,10-12H2,1-2H3,(H,19,21)(H,23,24)/t14-,16?/m0/s1.